The molecule has 1 aromatic rings. The summed E-state index contributed by atoms with van der Waals surface area (Å²) >= 11 is 6.03. The lowest BCUT2D eigenvalue weighted by Crippen LogP contribution is -2.27. The van der Waals surface area contributed by atoms with E-state index in [0.717, 1.165) is 12.0 Å². The molecule has 1 amide bonds. The van der Waals surface area contributed by atoms with Gasteiger partial charge in [-0.3, -0.25) is 5.32 Å². The van der Waals surface area contributed by atoms with Crippen molar-refractivity contribution >= 4 is 23.4 Å². The number of carbonyl (C=O) groups is 1. The number of nitrogens with one attached hydrogen (secondary N) is 1. The molecule has 0 fully saturated rings. The maximum atomic E-state index is 11.8. The first kappa shape index (κ1) is 15.6. The van der Waals surface area contributed by atoms with Gasteiger partial charge >= 0.3 is 6.09 Å². The van der Waals surface area contributed by atoms with Crippen molar-refractivity contribution in [1.82, 2.24) is 0 Å². The first-order valence-corrected chi connectivity index (χ1v) is 6.51. The summed E-state index contributed by atoms with van der Waals surface area (Å²) in [5, 5.41) is 3.21. The minimum atomic E-state index is -0.552. The van der Waals surface area contributed by atoms with Gasteiger partial charge in [0, 0.05) is 5.02 Å². The fraction of sp³-hybridized carbons (Fsp3) is 0.500. The normalized spacial score (nSPS) is 11.1. The molecule has 0 bridgehead atoms. The van der Waals surface area contributed by atoms with Gasteiger partial charge in [-0.25, -0.2) is 4.79 Å². The highest BCUT2D eigenvalue weighted by molar-refractivity contribution is 6.31. The number of rotatable bonds is 3. The number of methoxy groups -OCH3 is 1. The van der Waals surface area contributed by atoms with Crippen molar-refractivity contribution in [3.05, 3.63) is 22.7 Å². The van der Waals surface area contributed by atoms with Crippen LogP contribution in [0.5, 0.6) is 5.75 Å². The second kappa shape index (κ2) is 6.15. The zero-order valence-electron chi connectivity index (χ0n) is 12.0. The van der Waals surface area contributed by atoms with Crippen molar-refractivity contribution in [3.8, 4) is 5.75 Å². The number of hydrogen-bond acceptors (Lipinski definition) is 3. The van der Waals surface area contributed by atoms with E-state index >= 15 is 0 Å². The molecule has 0 saturated carbocycles. The highest BCUT2D eigenvalue weighted by Gasteiger charge is 2.18. The number of amides is 1. The monoisotopic (exact) mass is 285 g/mol. The van der Waals surface area contributed by atoms with Crippen LogP contribution >= 0.6 is 11.6 Å². The van der Waals surface area contributed by atoms with Gasteiger partial charge in [0.25, 0.3) is 0 Å². The van der Waals surface area contributed by atoms with E-state index in [0.29, 0.717) is 16.5 Å². The average molecular weight is 286 g/mol. The van der Waals surface area contributed by atoms with Gasteiger partial charge in [-0.1, -0.05) is 18.5 Å². The van der Waals surface area contributed by atoms with Gasteiger partial charge in [-0.2, -0.15) is 0 Å². The Morgan fingerprint density at radius 3 is 2.47 bits per heavy atom. The molecular formula is C14H20ClNO3. The molecule has 0 aliphatic carbocycles. The molecule has 0 aliphatic rings. The summed E-state index contributed by atoms with van der Waals surface area (Å²) < 4.78 is 10.5. The molecule has 1 aromatic carbocycles. The van der Waals surface area contributed by atoms with Crippen molar-refractivity contribution in [1.29, 1.82) is 0 Å². The summed E-state index contributed by atoms with van der Waals surface area (Å²) in [6.07, 6.45) is 0.224. The van der Waals surface area contributed by atoms with E-state index in [9.17, 15) is 4.79 Å². The zero-order chi connectivity index (χ0) is 14.6. The lowest BCUT2D eigenvalue weighted by atomic mass is 10.1. The zero-order valence-corrected chi connectivity index (χ0v) is 12.7. The SMILES string of the molecule is CCc1cc(Cl)cc(NC(=O)OC(C)(C)C)c1OC. The van der Waals surface area contributed by atoms with Crippen LogP contribution in [0.15, 0.2) is 12.1 Å². The summed E-state index contributed by atoms with van der Waals surface area (Å²) in [5.41, 5.74) is 0.894. The van der Waals surface area contributed by atoms with Crippen LogP contribution in [0.25, 0.3) is 0 Å². The molecule has 19 heavy (non-hydrogen) atoms. The van der Waals surface area contributed by atoms with Crippen LogP contribution in [0.3, 0.4) is 0 Å². The molecule has 1 N–H and O–H groups in total. The number of aryl methyl sites for hydroxylation is 1. The molecular weight excluding hydrogens is 266 g/mol. The first-order chi connectivity index (χ1) is 8.76. The van der Waals surface area contributed by atoms with Crippen LogP contribution in [-0.2, 0) is 11.2 Å². The van der Waals surface area contributed by atoms with Gasteiger partial charge in [0.05, 0.1) is 12.8 Å². The van der Waals surface area contributed by atoms with Gasteiger partial charge in [-0.15, -0.1) is 0 Å². The molecule has 1 rings (SSSR count). The second-order valence-corrected chi connectivity index (χ2v) is 5.56. The summed E-state index contributed by atoms with van der Waals surface area (Å²) in [5.74, 6) is 0.609. The Labute approximate surface area is 119 Å². The summed E-state index contributed by atoms with van der Waals surface area (Å²) in [6, 6.07) is 3.46. The lowest BCUT2D eigenvalue weighted by molar-refractivity contribution is 0.0635. The Bertz CT molecular complexity index is 466. The van der Waals surface area contributed by atoms with E-state index in [1.807, 2.05) is 13.0 Å². The fourth-order valence-corrected chi connectivity index (χ4v) is 1.90. The van der Waals surface area contributed by atoms with Crippen molar-refractivity contribution in [2.45, 2.75) is 39.7 Å². The van der Waals surface area contributed by atoms with Crippen molar-refractivity contribution < 1.29 is 14.3 Å². The quantitative estimate of drug-likeness (QED) is 0.903. The summed E-state index contributed by atoms with van der Waals surface area (Å²) in [6.45, 7) is 7.41. The van der Waals surface area contributed by atoms with E-state index in [-0.39, 0.29) is 0 Å². The predicted octanol–water partition coefficient (Wildman–Crippen LogP) is 4.26. The maximum Gasteiger partial charge on any atom is 0.412 e. The molecule has 0 saturated heterocycles. The molecule has 0 atom stereocenters. The lowest BCUT2D eigenvalue weighted by Gasteiger charge is -2.21. The third kappa shape index (κ3) is 4.63. The Hall–Kier alpha value is -1.42. The maximum absolute atomic E-state index is 11.8. The standard InChI is InChI=1S/C14H20ClNO3/c1-6-9-7-10(15)8-11(12(9)18-5)16-13(17)19-14(2,3)4/h7-8H,6H2,1-5H3,(H,16,17). The first-order valence-electron chi connectivity index (χ1n) is 6.13. The van der Waals surface area contributed by atoms with Crippen molar-refractivity contribution in [3.63, 3.8) is 0 Å². The van der Waals surface area contributed by atoms with Crippen LogP contribution in [0.2, 0.25) is 5.02 Å². The number of benzene rings is 1. The van der Waals surface area contributed by atoms with Crippen molar-refractivity contribution in [2.75, 3.05) is 12.4 Å². The summed E-state index contributed by atoms with van der Waals surface area (Å²) in [7, 11) is 1.56. The van der Waals surface area contributed by atoms with E-state index < -0.39 is 11.7 Å². The van der Waals surface area contributed by atoms with E-state index in [2.05, 4.69) is 5.32 Å². The van der Waals surface area contributed by atoms with Gasteiger partial charge < -0.3 is 9.47 Å². The number of halogens is 1. The van der Waals surface area contributed by atoms with Gasteiger partial charge in [0.15, 0.2) is 0 Å². The van der Waals surface area contributed by atoms with Crippen LogP contribution < -0.4 is 10.1 Å². The largest absolute Gasteiger partial charge is 0.494 e. The molecule has 0 aromatic heterocycles. The Kier molecular flexibility index (Phi) is 5.06. The minimum Gasteiger partial charge on any atom is -0.494 e. The number of ether oxygens (including phenoxy) is 2. The topological polar surface area (TPSA) is 47.6 Å². The Morgan fingerprint density at radius 1 is 1.37 bits per heavy atom. The molecule has 106 valence electrons. The van der Waals surface area contributed by atoms with Crippen LogP contribution in [0.4, 0.5) is 10.5 Å². The molecule has 0 aliphatic heterocycles. The van der Waals surface area contributed by atoms with E-state index in [1.54, 1.807) is 33.9 Å². The second-order valence-electron chi connectivity index (χ2n) is 5.13. The minimum absolute atomic E-state index is 0.515. The summed E-state index contributed by atoms with van der Waals surface area (Å²) in [4.78, 5) is 11.8. The third-order valence-corrected chi connectivity index (χ3v) is 2.57. The average Bonchev–Trinajstić information content (AvgIpc) is 2.25. The molecule has 0 heterocycles. The van der Waals surface area contributed by atoms with E-state index in [4.69, 9.17) is 21.1 Å². The Morgan fingerprint density at radius 2 is 2.00 bits per heavy atom. The number of anilines is 1. The van der Waals surface area contributed by atoms with E-state index in [1.165, 1.54) is 0 Å². The predicted molar refractivity (Wildman–Crippen MR) is 77.2 cm³/mol. The number of hydrogen-bond donors (Lipinski definition) is 1. The van der Waals surface area contributed by atoms with Gasteiger partial charge in [-0.05, 0) is 44.9 Å². The van der Waals surface area contributed by atoms with Crippen LogP contribution in [0.1, 0.15) is 33.3 Å². The molecule has 4 nitrogen and oxygen atoms in total. The third-order valence-electron chi connectivity index (χ3n) is 2.35. The van der Waals surface area contributed by atoms with Gasteiger partial charge in [0.1, 0.15) is 11.4 Å². The molecule has 0 spiro atoms. The highest BCUT2D eigenvalue weighted by atomic mass is 35.5. The fourth-order valence-electron chi connectivity index (χ4n) is 1.66. The molecule has 5 heteroatoms. The van der Waals surface area contributed by atoms with Crippen LogP contribution in [0, 0.1) is 0 Å². The van der Waals surface area contributed by atoms with Crippen LogP contribution in [-0.4, -0.2) is 18.8 Å². The number of carbonyl (C=O) groups excluding carboxylic acids is 1. The highest BCUT2D eigenvalue weighted by Crippen LogP contribution is 2.33. The van der Waals surface area contributed by atoms with Crippen molar-refractivity contribution in [2.24, 2.45) is 0 Å². The van der Waals surface area contributed by atoms with Gasteiger partial charge in [0.2, 0.25) is 0 Å². The molecule has 0 unspecified atom stereocenters. The Balaban J connectivity index is 3.00. The smallest absolute Gasteiger partial charge is 0.412 e. The molecule has 0 radical (unpaired) electrons.